The van der Waals surface area contributed by atoms with Crippen LogP contribution < -0.4 is 10.2 Å². The highest BCUT2D eigenvalue weighted by molar-refractivity contribution is 6.00. The molecule has 2 aromatic carbocycles. The number of aryl methyl sites for hydroxylation is 1. The number of benzene rings is 2. The molecule has 0 aromatic heterocycles. The standard InChI is InChI=1S/C24H26FN3O2/c25-19-8-9-21-17(14-19)6-7-18(22(21)29)15-27-12-10-24(11-13-27)23(30)26-16-28(24)20-4-2-1-3-5-20/h1-5,8-9,14,18H,6-7,10-13,15-16H2,(H,26,30). The van der Waals surface area contributed by atoms with Crippen LogP contribution in [0.5, 0.6) is 0 Å². The van der Waals surface area contributed by atoms with Crippen molar-refractivity contribution in [2.45, 2.75) is 31.2 Å². The normalized spacial score (nSPS) is 23.5. The molecule has 5 rings (SSSR count). The number of carbonyl (C=O) groups is 2. The van der Waals surface area contributed by atoms with Crippen LogP contribution in [0.25, 0.3) is 0 Å². The molecule has 5 nitrogen and oxygen atoms in total. The maximum Gasteiger partial charge on any atom is 0.247 e. The van der Waals surface area contributed by atoms with Crippen molar-refractivity contribution in [1.29, 1.82) is 0 Å². The lowest BCUT2D eigenvalue weighted by Gasteiger charge is -2.44. The highest BCUT2D eigenvalue weighted by Gasteiger charge is 2.50. The van der Waals surface area contributed by atoms with Gasteiger partial charge in [-0.25, -0.2) is 4.39 Å². The third-order valence-electron chi connectivity index (χ3n) is 7.03. The van der Waals surface area contributed by atoms with E-state index in [1.165, 1.54) is 12.1 Å². The number of nitrogens with one attached hydrogen (secondary N) is 1. The lowest BCUT2D eigenvalue weighted by atomic mass is 9.81. The predicted octanol–water partition coefficient (Wildman–Crippen LogP) is 3.00. The van der Waals surface area contributed by atoms with Crippen LogP contribution in [0.2, 0.25) is 0 Å². The number of nitrogens with zero attached hydrogens (tertiary/aromatic N) is 2. The Morgan fingerprint density at radius 3 is 2.60 bits per heavy atom. The summed E-state index contributed by atoms with van der Waals surface area (Å²) in [6.45, 7) is 2.82. The van der Waals surface area contributed by atoms with E-state index in [1.807, 2.05) is 18.2 Å². The van der Waals surface area contributed by atoms with Gasteiger partial charge in [0.05, 0.1) is 6.67 Å². The number of carbonyl (C=O) groups excluding carboxylic acids is 2. The molecule has 0 bridgehead atoms. The van der Waals surface area contributed by atoms with Gasteiger partial charge in [-0.05, 0) is 61.6 Å². The van der Waals surface area contributed by atoms with Crippen molar-refractivity contribution >= 4 is 17.4 Å². The molecule has 2 aliphatic heterocycles. The van der Waals surface area contributed by atoms with E-state index < -0.39 is 5.54 Å². The number of likely N-dealkylation sites (tertiary alicyclic amines) is 1. The van der Waals surface area contributed by atoms with Crippen molar-refractivity contribution in [3.8, 4) is 0 Å². The molecule has 2 heterocycles. The van der Waals surface area contributed by atoms with Gasteiger partial charge in [0.15, 0.2) is 5.78 Å². The lowest BCUT2D eigenvalue weighted by Crippen LogP contribution is -2.57. The lowest BCUT2D eigenvalue weighted by molar-refractivity contribution is -0.125. The summed E-state index contributed by atoms with van der Waals surface area (Å²) in [6, 6.07) is 14.6. The molecule has 0 saturated carbocycles. The molecule has 1 N–H and O–H groups in total. The number of anilines is 1. The first kappa shape index (κ1) is 19.2. The van der Waals surface area contributed by atoms with E-state index in [9.17, 15) is 14.0 Å². The van der Waals surface area contributed by atoms with Crippen LogP contribution in [0.3, 0.4) is 0 Å². The van der Waals surface area contributed by atoms with Crippen molar-refractivity contribution < 1.29 is 14.0 Å². The summed E-state index contributed by atoms with van der Waals surface area (Å²) >= 11 is 0. The van der Waals surface area contributed by atoms with Crippen LogP contribution in [-0.4, -0.2) is 48.4 Å². The average molecular weight is 407 g/mol. The second-order valence-corrected chi connectivity index (χ2v) is 8.66. The number of piperidine rings is 1. The van der Waals surface area contributed by atoms with Crippen molar-refractivity contribution in [2.24, 2.45) is 5.92 Å². The van der Waals surface area contributed by atoms with Gasteiger partial charge in [0.2, 0.25) is 5.91 Å². The number of Topliss-reactive ketones (excluding diaryl/α,β-unsaturated/α-hetero) is 1. The topological polar surface area (TPSA) is 52.7 Å². The first-order valence-corrected chi connectivity index (χ1v) is 10.7. The molecule has 2 fully saturated rings. The number of para-hydroxylation sites is 1. The van der Waals surface area contributed by atoms with Gasteiger partial charge in [0, 0.05) is 36.8 Å². The summed E-state index contributed by atoms with van der Waals surface area (Å²) in [5.41, 5.74) is 2.07. The molecule has 1 amide bonds. The van der Waals surface area contributed by atoms with E-state index in [4.69, 9.17) is 0 Å². The maximum absolute atomic E-state index is 13.5. The Kier molecular flexibility index (Phi) is 4.82. The highest BCUT2D eigenvalue weighted by atomic mass is 19.1. The van der Waals surface area contributed by atoms with E-state index in [2.05, 4.69) is 27.2 Å². The monoisotopic (exact) mass is 407 g/mol. The SMILES string of the molecule is O=C1c2ccc(F)cc2CCC1CN1CCC2(CC1)C(=O)NCN2c1ccccc1. The van der Waals surface area contributed by atoms with E-state index in [-0.39, 0.29) is 23.4 Å². The Morgan fingerprint density at radius 1 is 1.07 bits per heavy atom. The van der Waals surface area contributed by atoms with Gasteiger partial charge in [-0.15, -0.1) is 0 Å². The second-order valence-electron chi connectivity index (χ2n) is 8.66. The molecule has 2 aromatic rings. The van der Waals surface area contributed by atoms with Gasteiger partial charge < -0.3 is 15.1 Å². The average Bonchev–Trinajstić information content (AvgIpc) is 3.08. The van der Waals surface area contributed by atoms with Crippen LogP contribution >= 0.6 is 0 Å². The van der Waals surface area contributed by atoms with Crippen molar-refractivity contribution in [1.82, 2.24) is 10.2 Å². The highest BCUT2D eigenvalue weighted by Crippen LogP contribution is 2.37. The third-order valence-corrected chi connectivity index (χ3v) is 7.03. The zero-order chi connectivity index (χ0) is 20.7. The van der Waals surface area contributed by atoms with Crippen LogP contribution in [0.15, 0.2) is 48.5 Å². The molecule has 6 heteroatoms. The fourth-order valence-corrected chi connectivity index (χ4v) is 5.31. The van der Waals surface area contributed by atoms with E-state index in [0.717, 1.165) is 50.0 Å². The molecule has 1 aliphatic carbocycles. The Morgan fingerprint density at radius 2 is 1.83 bits per heavy atom. The first-order valence-electron chi connectivity index (χ1n) is 10.7. The van der Waals surface area contributed by atoms with Crippen molar-refractivity contribution in [2.75, 3.05) is 31.2 Å². The summed E-state index contributed by atoms with van der Waals surface area (Å²) in [5.74, 6) is -0.101. The number of amides is 1. The van der Waals surface area contributed by atoms with E-state index in [1.54, 1.807) is 6.07 Å². The molecule has 3 aliphatic rings. The minimum atomic E-state index is -0.501. The number of rotatable bonds is 3. The van der Waals surface area contributed by atoms with Gasteiger partial charge in [0.1, 0.15) is 11.4 Å². The summed E-state index contributed by atoms with van der Waals surface area (Å²) < 4.78 is 13.5. The summed E-state index contributed by atoms with van der Waals surface area (Å²) in [5, 5.41) is 3.03. The molecule has 0 radical (unpaired) electrons. The number of hydrogen-bond donors (Lipinski definition) is 1. The zero-order valence-electron chi connectivity index (χ0n) is 16.9. The van der Waals surface area contributed by atoms with Gasteiger partial charge in [-0.3, -0.25) is 9.59 Å². The van der Waals surface area contributed by atoms with E-state index >= 15 is 0 Å². The third kappa shape index (κ3) is 3.19. The van der Waals surface area contributed by atoms with Crippen molar-refractivity contribution in [3.63, 3.8) is 0 Å². The Labute approximate surface area is 175 Å². The van der Waals surface area contributed by atoms with Gasteiger partial charge >= 0.3 is 0 Å². The number of halogens is 1. The molecular weight excluding hydrogens is 381 g/mol. The van der Waals surface area contributed by atoms with Gasteiger partial charge in [0.25, 0.3) is 0 Å². The molecular formula is C24H26FN3O2. The Bertz CT molecular complexity index is 970. The Hall–Kier alpha value is -2.73. The largest absolute Gasteiger partial charge is 0.339 e. The zero-order valence-corrected chi connectivity index (χ0v) is 16.9. The quantitative estimate of drug-likeness (QED) is 0.850. The molecule has 2 saturated heterocycles. The molecule has 156 valence electrons. The smallest absolute Gasteiger partial charge is 0.247 e. The van der Waals surface area contributed by atoms with E-state index in [0.29, 0.717) is 18.8 Å². The van der Waals surface area contributed by atoms with Crippen LogP contribution in [0.4, 0.5) is 10.1 Å². The first-order chi connectivity index (χ1) is 14.6. The van der Waals surface area contributed by atoms with Crippen molar-refractivity contribution in [3.05, 3.63) is 65.5 Å². The minimum Gasteiger partial charge on any atom is -0.339 e. The van der Waals surface area contributed by atoms with Crippen LogP contribution in [-0.2, 0) is 11.2 Å². The number of ketones is 1. The molecule has 1 atom stereocenters. The summed E-state index contributed by atoms with van der Waals surface area (Å²) in [4.78, 5) is 30.2. The predicted molar refractivity (Wildman–Crippen MR) is 113 cm³/mol. The number of fused-ring (bicyclic) bond motifs is 1. The molecule has 1 unspecified atom stereocenters. The van der Waals surface area contributed by atoms with Crippen LogP contribution in [0, 0.1) is 11.7 Å². The molecule has 30 heavy (non-hydrogen) atoms. The number of hydrogen-bond acceptors (Lipinski definition) is 4. The fourth-order valence-electron chi connectivity index (χ4n) is 5.31. The maximum atomic E-state index is 13.5. The molecule has 1 spiro atoms. The van der Waals surface area contributed by atoms with Gasteiger partial charge in [-0.2, -0.15) is 0 Å². The summed E-state index contributed by atoms with van der Waals surface area (Å²) in [6.07, 6.45) is 2.99. The minimum absolute atomic E-state index is 0.0559. The van der Waals surface area contributed by atoms with Gasteiger partial charge in [-0.1, -0.05) is 18.2 Å². The summed E-state index contributed by atoms with van der Waals surface area (Å²) in [7, 11) is 0. The van der Waals surface area contributed by atoms with Crippen LogP contribution in [0.1, 0.15) is 35.2 Å². The fraction of sp³-hybridized carbons (Fsp3) is 0.417. The second kappa shape index (κ2) is 7.51. The Balaban J connectivity index is 1.27.